The van der Waals surface area contributed by atoms with Crippen molar-refractivity contribution in [2.24, 2.45) is 0 Å². The van der Waals surface area contributed by atoms with Crippen molar-refractivity contribution in [3.05, 3.63) is 58.9 Å². The molecule has 134 valence electrons. The van der Waals surface area contributed by atoms with E-state index in [1.54, 1.807) is 12.4 Å². The Labute approximate surface area is 148 Å². The van der Waals surface area contributed by atoms with Gasteiger partial charge in [-0.05, 0) is 60.7 Å². The van der Waals surface area contributed by atoms with Gasteiger partial charge in [0, 0.05) is 18.8 Å². The minimum absolute atomic E-state index is 0.0892. The lowest BCUT2D eigenvalue weighted by Crippen LogP contribution is -2.17. The fraction of sp³-hybridized carbons (Fsp3) is 0.421. The van der Waals surface area contributed by atoms with E-state index in [1.807, 2.05) is 24.3 Å². The van der Waals surface area contributed by atoms with Gasteiger partial charge in [-0.2, -0.15) is 0 Å². The summed E-state index contributed by atoms with van der Waals surface area (Å²) in [4.78, 5) is 4.10. The molecule has 2 atom stereocenters. The van der Waals surface area contributed by atoms with Gasteiger partial charge in [-0.15, -0.1) is 0 Å². The van der Waals surface area contributed by atoms with Crippen LogP contribution in [0.4, 0.5) is 0 Å². The summed E-state index contributed by atoms with van der Waals surface area (Å²) in [5.41, 5.74) is 4.58. The normalized spacial score (nSPS) is 23.4. The fourth-order valence-electron chi connectivity index (χ4n) is 3.19. The molecule has 6 heteroatoms. The summed E-state index contributed by atoms with van der Waals surface area (Å²) in [6, 6.07) is 7.71. The van der Waals surface area contributed by atoms with E-state index >= 15 is 0 Å². The maximum Gasteiger partial charge on any atom is 0.368 e. The van der Waals surface area contributed by atoms with Crippen molar-refractivity contribution in [1.29, 1.82) is 0 Å². The van der Waals surface area contributed by atoms with E-state index in [4.69, 9.17) is 13.8 Å². The molecule has 5 nitrogen and oxygen atoms in total. The van der Waals surface area contributed by atoms with Crippen molar-refractivity contribution in [3.63, 3.8) is 0 Å². The molecule has 1 unspecified atom stereocenters. The van der Waals surface area contributed by atoms with Gasteiger partial charge in [-0.3, -0.25) is 14.1 Å². The number of pyridine rings is 1. The molecule has 0 radical (unpaired) electrons. The number of nitrogens with zero attached hydrogens (tertiary/aromatic N) is 1. The second-order valence-electron chi connectivity index (χ2n) is 6.28. The van der Waals surface area contributed by atoms with Crippen LogP contribution in [0.3, 0.4) is 0 Å². The molecule has 0 saturated carbocycles. The van der Waals surface area contributed by atoms with E-state index in [9.17, 15) is 4.57 Å². The molecule has 2 heterocycles. The molecule has 1 saturated heterocycles. The molecule has 25 heavy (non-hydrogen) atoms. The number of hydrogen-bond acceptors (Lipinski definition) is 5. The average Bonchev–Trinajstić information content (AvgIpc) is 2.61. The Morgan fingerprint density at radius 1 is 1.32 bits per heavy atom. The molecule has 1 fully saturated rings. The molecular weight excluding hydrogens is 337 g/mol. The molecular formula is C19H24NO4P. The maximum absolute atomic E-state index is 12.9. The van der Waals surface area contributed by atoms with Crippen LogP contribution < -0.4 is 4.74 Å². The fourth-order valence-corrected chi connectivity index (χ4v) is 4.69. The Bertz CT molecular complexity index is 755. The first kappa shape index (κ1) is 18.1. The van der Waals surface area contributed by atoms with Crippen LogP contribution in [0.2, 0.25) is 0 Å². The second-order valence-corrected chi connectivity index (χ2v) is 8.22. The molecule has 1 aromatic heterocycles. The van der Waals surface area contributed by atoms with Gasteiger partial charge in [0.2, 0.25) is 0 Å². The summed E-state index contributed by atoms with van der Waals surface area (Å²) in [6.07, 6.45) is 4.71. The first-order chi connectivity index (χ1) is 12.0. The molecule has 0 amide bonds. The zero-order valence-electron chi connectivity index (χ0n) is 14.9. The van der Waals surface area contributed by atoms with Crippen molar-refractivity contribution in [2.75, 3.05) is 13.0 Å². The van der Waals surface area contributed by atoms with E-state index in [0.29, 0.717) is 18.8 Å². The van der Waals surface area contributed by atoms with Gasteiger partial charge < -0.3 is 9.26 Å². The Morgan fingerprint density at radius 2 is 2.08 bits per heavy atom. The SMILES string of the molecule is CCc1c(C)cc(OC[P@]2(=O)OCCC(c3cccnc3)O2)cc1C. The minimum atomic E-state index is -3.30. The molecule has 0 N–H and O–H groups in total. The summed E-state index contributed by atoms with van der Waals surface area (Å²) in [7, 11) is -3.30. The zero-order valence-corrected chi connectivity index (χ0v) is 15.8. The lowest BCUT2D eigenvalue weighted by atomic mass is 10.0. The van der Waals surface area contributed by atoms with Crippen LogP contribution in [0.15, 0.2) is 36.7 Å². The molecule has 1 aliphatic heterocycles. The lowest BCUT2D eigenvalue weighted by molar-refractivity contribution is 0.0723. The number of aryl methyl sites for hydroxylation is 2. The van der Waals surface area contributed by atoms with Gasteiger partial charge in [0.15, 0.2) is 6.35 Å². The number of hydrogen-bond donors (Lipinski definition) is 0. The number of rotatable bonds is 5. The van der Waals surface area contributed by atoms with Crippen LogP contribution in [0, 0.1) is 13.8 Å². The van der Waals surface area contributed by atoms with Gasteiger partial charge in [0.1, 0.15) is 5.75 Å². The van der Waals surface area contributed by atoms with Crippen LogP contribution >= 0.6 is 7.60 Å². The monoisotopic (exact) mass is 361 g/mol. The Kier molecular flexibility index (Phi) is 5.57. The van der Waals surface area contributed by atoms with Gasteiger partial charge in [0.05, 0.1) is 12.7 Å². The van der Waals surface area contributed by atoms with Crippen LogP contribution in [0.25, 0.3) is 0 Å². The molecule has 0 aliphatic carbocycles. The molecule has 0 spiro atoms. The first-order valence-corrected chi connectivity index (χ1v) is 10.3. The van der Waals surface area contributed by atoms with Crippen LogP contribution in [-0.2, 0) is 20.0 Å². The summed E-state index contributed by atoms with van der Waals surface area (Å²) in [6.45, 7) is 6.64. The summed E-state index contributed by atoms with van der Waals surface area (Å²) < 4.78 is 29.8. The standard InChI is InChI=1S/C19H24NO4P/c1-4-18-14(2)10-17(11-15(18)3)22-13-25(21)23-9-7-19(24-25)16-6-5-8-20-12-16/h5-6,8,10-12,19H,4,7,9,13H2,1-3H3/t19?,25-/m0/s1. The predicted octanol–water partition coefficient (Wildman–Crippen LogP) is 4.97. The van der Waals surface area contributed by atoms with Crippen molar-refractivity contribution < 1.29 is 18.3 Å². The van der Waals surface area contributed by atoms with E-state index in [0.717, 1.165) is 12.0 Å². The maximum atomic E-state index is 12.9. The number of benzene rings is 1. The average molecular weight is 361 g/mol. The second kappa shape index (κ2) is 7.69. The molecule has 1 aliphatic rings. The van der Waals surface area contributed by atoms with E-state index in [2.05, 4.69) is 25.8 Å². The Balaban J connectivity index is 1.69. The van der Waals surface area contributed by atoms with Gasteiger partial charge in [0.25, 0.3) is 0 Å². The quantitative estimate of drug-likeness (QED) is 0.704. The smallest absolute Gasteiger partial charge is 0.368 e. The zero-order chi connectivity index (χ0) is 17.9. The van der Waals surface area contributed by atoms with Crippen LogP contribution in [-0.4, -0.2) is 17.9 Å². The number of ether oxygens (including phenoxy) is 1. The molecule has 1 aromatic carbocycles. The third-order valence-electron chi connectivity index (χ3n) is 4.42. The first-order valence-electron chi connectivity index (χ1n) is 8.55. The lowest BCUT2D eigenvalue weighted by Gasteiger charge is -2.29. The predicted molar refractivity (Wildman–Crippen MR) is 97.0 cm³/mol. The van der Waals surface area contributed by atoms with Crippen molar-refractivity contribution in [2.45, 2.75) is 39.7 Å². The van der Waals surface area contributed by atoms with E-state index in [-0.39, 0.29) is 12.5 Å². The molecule has 3 rings (SSSR count). The van der Waals surface area contributed by atoms with E-state index < -0.39 is 7.60 Å². The molecule has 2 aromatic rings. The van der Waals surface area contributed by atoms with Crippen LogP contribution in [0.5, 0.6) is 5.75 Å². The Hall–Kier alpha value is -1.68. The highest BCUT2D eigenvalue weighted by atomic mass is 31.2. The van der Waals surface area contributed by atoms with Gasteiger partial charge in [-0.25, -0.2) is 0 Å². The van der Waals surface area contributed by atoms with Crippen molar-refractivity contribution in [1.82, 2.24) is 4.98 Å². The van der Waals surface area contributed by atoms with Crippen molar-refractivity contribution in [3.8, 4) is 5.75 Å². The van der Waals surface area contributed by atoms with Crippen LogP contribution in [0.1, 0.15) is 41.7 Å². The van der Waals surface area contributed by atoms with Gasteiger partial charge in [-0.1, -0.05) is 13.0 Å². The van der Waals surface area contributed by atoms with E-state index in [1.165, 1.54) is 16.7 Å². The molecule has 0 bridgehead atoms. The highest BCUT2D eigenvalue weighted by molar-refractivity contribution is 7.53. The topological polar surface area (TPSA) is 57.7 Å². The van der Waals surface area contributed by atoms with Crippen molar-refractivity contribution >= 4 is 7.60 Å². The summed E-state index contributed by atoms with van der Waals surface area (Å²) in [5.74, 6) is 0.693. The largest absolute Gasteiger partial charge is 0.481 e. The summed E-state index contributed by atoms with van der Waals surface area (Å²) >= 11 is 0. The highest BCUT2D eigenvalue weighted by Gasteiger charge is 2.35. The third-order valence-corrected chi connectivity index (χ3v) is 6.02. The third kappa shape index (κ3) is 4.30. The van der Waals surface area contributed by atoms with Gasteiger partial charge >= 0.3 is 7.60 Å². The summed E-state index contributed by atoms with van der Waals surface area (Å²) in [5, 5.41) is 0. The number of aromatic nitrogens is 1. The Morgan fingerprint density at radius 3 is 2.72 bits per heavy atom. The minimum Gasteiger partial charge on any atom is -0.481 e. The highest BCUT2D eigenvalue weighted by Crippen LogP contribution is 2.55.